The van der Waals surface area contributed by atoms with E-state index in [1.165, 1.54) is 11.1 Å². The molecule has 0 aliphatic carbocycles. The molecule has 1 aromatic rings. The van der Waals surface area contributed by atoms with Gasteiger partial charge in [-0.25, -0.2) is 0 Å². The van der Waals surface area contributed by atoms with E-state index in [0.29, 0.717) is 6.42 Å². The first-order valence-corrected chi connectivity index (χ1v) is 7.65. The Kier molecular flexibility index (Phi) is 4.66. The highest BCUT2D eigenvalue weighted by atomic mass is 79.9. The average Bonchev–Trinajstić information content (AvgIpc) is 2.25. The topological polar surface area (TPSA) is 17.1 Å². The number of ketones is 1. The smallest absolute Gasteiger partial charge is 0.163 e. The number of carbonyl (C=O) groups excluding carboxylic acids is 1. The van der Waals surface area contributed by atoms with E-state index in [0.717, 1.165) is 10.0 Å². The lowest BCUT2D eigenvalue weighted by Gasteiger charge is -2.27. The fraction of sp³-hybridized carbons (Fsp3) is 0.588. The van der Waals surface area contributed by atoms with E-state index < -0.39 is 0 Å². The maximum absolute atomic E-state index is 12.2. The van der Waals surface area contributed by atoms with Gasteiger partial charge in [0.25, 0.3) is 0 Å². The molecule has 0 radical (unpaired) electrons. The Morgan fingerprint density at radius 3 is 1.95 bits per heavy atom. The van der Waals surface area contributed by atoms with Gasteiger partial charge in [-0.15, -0.1) is 0 Å². The number of Topliss-reactive ketones (excluding diaryl/α,β-unsaturated/α-hetero) is 1. The van der Waals surface area contributed by atoms with Crippen molar-refractivity contribution in [2.24, 2.45) is 0 Å². The highest BCUT2D eigenvalue weighted by molar-refractivity contribution is 9.10. The van der Waals surface area contributed by atoms with Crippen molar-refractivity contribution < 1.29 is 4.79 Å². The van der Waals surface area contributed by atoms with Crippen LogP contribution in [-0.4, -0.2) is 5.78 Å². The molecule has 1 rings (SSSR count). The Morgan fingerprint density at radius 1 is 1.05 bits per heavy atom. The summed E-state index contributed by atoms with van der Waals surface area (Å²) in [4.78, 5) is 12.2. The van der Waals surface area contributed by atoms with Crippen LogP contribution >= 0.6 is 15.9 Å². The molecule has 0 aliphatic rings. The molecule has 19 heavy (non-hydrogen) atoms. The zero-order valence-corrected chi connectivity index (χ0v) is 14.7. The summed E-state index contributed by atoms with van der Waals surface area (Å²) in [5, 5.41) is 0. The van der Waals surface area contributed by atoms with Gasteiger partial charge in [-0.2, -0.15) is 0 Å². The summed E-state index contributed by atoms with van der Waals surface area (Å²) >= 11 is 3.64. The molecule has 0 aromatic heterocycles. The van der Waals surface area contributed by atoms with E-state index in [2.05, 4.69) is 63.5 Å². The molecule has 1 aromatic carbocycles. The predicted molar refractivity (Wildman–Crippen MR) is 86.2 cm³/mol. The number of carbonyl (C=O) groups is 1. The van der Waals surface area contributed by atoms with Crippen molar-refractivity contribution in [3.8, 4) is 0 Å². The van der Waals surface area contributed by atoms with Gasteiger partial charge in [0.05, 0.1) is 0 Å². The number of hydrogen-bond acceptors (Lipinski definition) is 1. The second-order valence-electron chi connectivity index (χ2n) is 7.16. The van der Waals surface area contributed by atoms with E-state index in [-0.39, 0.29) is 16.6 Å². The Hall–Kier alpha value is -0.630. The molecule has 0 heterocycles. The highest BCUT2D eigenvalue weighted by Crippen LogP contribution is 2.37. The standard InChI is InChI=1S/C17H25BrO/c1-8-14(19)12-9-11(16(2,3)4)10-13(15(12)18)17(5,6)7/h9-10H,8H2,1-7H3. The van der Waals surface area contributed by atoms with Crippen molar-refractivity contribution in [1.82, 2.24) is 0 Å². The molecule has 0 N–H and O–H groups in total. The van der Waals surface area contributed by atoms with Crippen molar-refractivity contribution in [2.45, 2.75) is 65.7 Å². The van der Waals surface area contributed by atoms with Crippen LogP contribution in [0.15, 0.2) is 16.6 Å². The summed E-state index contributed by atoms with van der Waals surface area (Å²) in [5.74, 6) is 0.198. The molecule has 0 unspecified atom stereocenters. The number of hydrogen-bond donors (Lipinski definition) is 0. The van der Waals surface area contributed by atoms with Crippen molar-refractivity contribution in [2.75, 3.05) is 0 Å². The second-order valence-corrected chi connectivity index (χ2v) is 7.96. The van der Waals surface area contributed by atoms with E-state index in [4.69, 9.17) is 0 Å². The van der Waals surface area contributed by atoms with Gasteiger partial charge in [-0.3, -0.25) is 4.79 Å². The van der Waals surface area contributed by atoms with Crippen LogP contribution in [0.25, 0.3) is 0 Å². The van der Waals surface area contributed by atoms with Crippen LogP contribution in [0.3, 0.4) is 0 Å². The van der Waals surface area contributed by atoms with Gasteiger partial charge < -0.3 is 0 Å². The van der Waals surface area contributed by atoms with Crippen LogP contribution in [0.2, 0.25) is 0 Å². The van der Waals surface area contributed by atoms with E-state index in [1.54, 1.807) is 0 Å². The Bertz CT molecular complexity index is 487. The zero-order valence-electron chi connectivity index (χ0n) is 13.1. The summed E-state index contributed by atoms with van der Waals surface area (Å²) in [7, 11) is 0. The quantitative estimate of drug-likeness (QED) is 0.643. The van der Waals surface area contributed by atoms with Gasteiger partial charge in [0, 0.05) is 16.5 Å². The molecular formula is C17H25BrO. The third-order valence-corrected chi connectivity index (χ3v) is 4.22. The highest BCUT2D eigenvalue weighted by Gasteiger charge is 2.25. The molecule has 0 atom stereocenters. The van der Waals surface area contributed by atoms with Crippen molar-refractivity contribution >= 4 is 21.7 Å². The van der Waals surface area contributed by atoms with Crippen LogP contribution in [0, 0.1) is 0 Å². The minimum Gasteiger partial charge on any atom is -0.294 e. The van der Waals surface area contributed by atoms with E-state index in [9.17, 15) is 4.79 Å². The fourth-order valence-electron chi connectivity index (χ4n) is 2.00. The Labute approximate surface area is 125 Å². The molecule has 0 saturated carbocycles. The molecule has 0 aliphatic heterocycles. The largest absolute Gasteiger partial charge is 0.294 e. The molecular weight excluding hydrogens is 300 g/mol. The molecule has 2 heteroatoms. The zero-order chi connectivity index (χ0) is 15.0. The summed E-state index contributed by atoms with van der Waals surface area (Å²) in [5.41, 5.74) is 3.31. The van der Waals surface area contributed by atoms with Gasteiger partial charge in [0.15, 0.2) is 5.78 Å². The van der Waals surface area contributed by atoms with Crippen molar-refractivity contribution in [3.05, 3.63) is 33.3 Å². The molecule has 106 valence electrons. The first kappa shape index (κ1) is 16.4. The first-order valence-electron chi connectivity index (χ1n) is 6.86. The summed E-state index contributed by atoms with van der Waals surface area (Å²) < 4.78 is 0.958. The van der Waals surface area contributed by atoms with Crippen LogP contribution in [0.5, 0.6) is 0 Å². The molecule has 1 nitrogen and oxygen atoms in total. The first-order chi connectivity index (χ1) is 8.48. The second kappa shape index (κ2) is 5.40. The predicted octanol–water partition coefficient (Wildman–Crippen LogP) is 5.64. The normalized spacial score (nSPS) is 12.6. The third-order valence-electron chi connectivity index (χ3n) is 3.37. The lowest BCUT2D eigenvalue weighted by Crippen LogP contribution is -2.19. The molecule has 0 fully saturated rings. The van der Waals surface area contributed by atoms with E-state index in [1.807, 2.05) is 13.0 Å². The molecule has 0 saturated heterocycles. The lowest BCUT2D eigenvalue weighted by atomic mass is 9.79. The maximum Gasteiger partial charge on any atom is 0.163 e. The number of rotatable bonds is 2. The van der Waals surface area contributed by atoms with Gasteiger partial charge in [0.2, 0.25) is 0 Å². The minimum absolute atomic E-state index is 0.0167. The van der Waals surface area contributed by atoms with Gasteiger partial charge in [-0.1, -0.05) is 54.5 Å². The Morgan fingerprint density at radius 2 is 1.58 bits per heavy atom. The summed E-state index contributed by atoms with van der Waals surface area (Å²) in [6.07, 6.45) is 0.537. The van der Waals surface area contributed by atoms with Crippen molar-refractivity contribution in [3.63, 3.8) is 0 Å². The van der Waals surface area contributed by atoms with Gasteiger partial charge in [0.1, 0.15) is 0 Å². The van der Waals surface area contributed by atoms with Crippen LogP contribution in [-0.2, 0) is 10.8 Å². The minimum atomic E-state index is 0.0167. The lowest BCUT2D eigenvalue weighted by molar-refractivity contribution is 0.0987. The van der Waals surface area contributed by atoms with Crippen LogP contribution in [0.1, 0.15) is 76.4 Å². The number of halogens is 1. The molecule has 0 spiro atoms. The van der Waals surface area contributed by atoms with Crippen LogP contribution < -0.4 is 0 Å². The van der Waals surface area contributed by atoms with Crippen LogP contribution in [0.4, 0.5) is 0 Å². The van der Waals surface area contributed by atoms with Gasteiger partial charge >= 0.3 is 0 Å². The third kappa shape index (κ3) is 3.68. The maximum atomic E-state index is 12.2. The number of benzene rings is 1. The SMILES string of the molecule is CCC(=O)c1cc(C(C)(C)C)cc(C(C)(C)C)c1Br. The molecule has 0 bridgehead atoms. The van der Waals surface area contributed by atoms with E-state index >= 15 is 0 Å². The van der Waals surface area contributed by atoms with Crippen molar-refractivity contribution in [1.29, 1.82) is 0 Å². The molecule has 0 amide bonds. The summed E-state index contributed by atoms with van der Waals surface area (Å²) in [6.45, 7) is 15.0. The van der Waals surface area contributed by atoms with Gasteiger partial charge in [-0.05, 0) is 44.0 Å². The Balaban J connectivity index is 3.62. The fourth-order valence-corrected chi connectivity index (χ4v) is 3.04. The monoisotopic (exact) mass is 324 g/mol. The summed E-state index contributed by atoms with van der Waals surface area (Å²) in [6, 6.07) is 4.28. The average molecular weight is 325 g/mol.